The summed E-state index contributed by atoms with van der Waals surface area (Å²) in [6, 6.07) is 10.4. The summed E-state index contributed by atoms with van der Waals surface area (Å²) in [5.41, 5.74) is 2.54. The number of aromatic nitrogens is 3. The molecule has 8 heteroatoms. The fraction of sp³-hybridized carbons (Fsp3) is 0.318. The van der Waals surface area contributed by atoms with E-state index >= 15 is 0 Å². The first-order valence-electron chi connectivity index (χ1n) is 10.0. The summed E-state index contributed by atoms with van der Waals surface area (Å²) in [6.07, 6.45) is 7.40. The van der Waals surface area contributed by atoms with E-state index in [0.29, 0.717) is 11.3 Å². The Hall–Kier alpha value is -3.13. The molecular formula is C22H23N5O2S. The Kier molecular flexibility index (Phi) is 6.13. The first kappa shape index (κ1) is 20.2. The Morgan fingerprint density at radius 1 is 1.17 bits per heavy atom. The van der Waals surface area contributed by atoms with Crippen LogP contribution in [0, 0.1) is 6.92 Å². The van der Waals surface area contributed by atoms with Crippen molar-refractivity contribution in [1.29, 1.82) is 0 Å². The van der Waals surface area contributed by atoms with Crippen LogP contribution >= 0.6 is 11.5 Å². The lowest BCUT2D eigenvalue weighted by Crippen LogP contribution is -2.46. The van der Waals surface area contributed by atoms with Gasteiger partial charge in [0.05, 0.1) is 0 Å². The summed E-state index contributed by atoms with van der Waals surface area (Å²) in [7, 11) is 0. The highest BCUT2D eigenvalue weighted by Crippen LogP contribution is 2.31. The van der Waals surface area contributed by atoms with Crippen molar-refractivity contribution in [3.8, 4) is 0 Å². The topological polar surface area (TPSA) is 88.1 Å². The Bertz CT molecular complexity index is 1000. The Morgan fingerprint density at radius 2 is 1.93 bits per heavy atom. The molecule has 1 saturated carbocycles. The van der Waals surface area contributed by atoms with Gasteiger partial charge in [-0.1, -0.05) is 29.5 Å². The number of amides is 2. The number of hydrogen-bond acceptors (Lipinski definition) is 6. The van der Waals surface area contributed by atoms with E-state index in [0.717, 1.165) is 42.8 Å². The molecule has 2 amide bonds. The maximum Gasteiger partial charge on any atom is 0.280 e. The molecule has 30 heavy (non-hydrogen) atoms. The van der Waals surface area contributed by atoms with Gasteiger partial charge in [0.25, 0.3) is 5.91 Å². The lowest BCUT2D eigenvalue weighted by Gasteiger charge is -2.32. The number of carbonyl (C=O) groups is 2. The van der Waals surface area contributed by atoms with Gasteiger partial charge < -0.3 is 5.32 Å². The zero-order valence-electron chi connectivity index (χ0n) is 16.7. The first-order chi connectivity index (χ1) is 14.6. The van der Waals surface area contributed by atoms with Crippen molar-refractivity contribution in [3.05, 3.63) is 71.0 Å². The number of benzene rings is 1. The van der Waals surface area contributed by atoms with Crippen LogP contribution in [0.25, 0.3) is 0 Å². The third kappa shape index (κ3) is 4.38. The average Bonchev–Trinajstić information content (AvgIpc) is 3.46. The van der Waals surface area contributed by atoms with Gasteiger partial charge in [0.15, 0.2) is 5.69 Å². The number of anilines is 1. The number of hydrogen-bond donors (Lipinski definition) is 1. The molecule has 1 atom stereocenters. The van der Waals surface area contributed by atoms with Crippen LogP contribution in [0.3, 0.4) is 0 Å². The predicted octanol–water partition coefficient (Wildman–Crippen LogP) is 3.69. The SMILES string of the molecule is Cc1cccc(N(C(=O)c2csnn2)[C@H](C(=O)NC2CCCC2)c2ccncc2)c1. The van der Waals surface area contributed by atoms with Gasteiger partial charge in [-0.3, -0.25) is 19.5 Å². The lowest BCUT2D eigenvalue weighted by molar-refractivity contribution is -0.123. The molecule has 1 aliphatic carbocycles. The molecule has 0 bridgehead atoms. The van der Waals surface area contributed by atoms with Crippen LogP contribution in [0.4, 0.5) is 5.69 Å². The Labute approximate surface area is 179 Å². The molecule has 0 spiro atoms. The first-order valence-corrected chi connectivity index (χ1v) is 10.8. The molecule has 0 saturated heterocycles. The van der Waals surface area contributed by atoms with Crippen molar-refractivity contribution < 1.29 is 9.59 Å². The molecule has 0 aliphatic heterocycles. The van der Waals surface area contributed by atoms with E-state index in [2.05, 4.69) is 19.9 Å². The molecule has 1 fully saturated rings. The molecular weight excluding hydrogens is 398 g/mol. The van der Waals surface area contributed by atoms with Gasteiger partial charge >= 0.3 is 0 Å². The predicted molar refractivity (Wildman–Crippen MR) is 115 cm³/mol. The molecule has 3 aromatic rings. The normalized spacial score (nSPS) is 15.0. The number of carbonyl (C=O) groups excluding carboxylic acids is 2. The Morgan fingerprint density at radius 3 is 2.60 bits per heavy atom. The van der Waals surface area contributed by atoms with Gasteiger partial charge in [0.1, 0.15) is 6.04 Å². The van der Waals surface area contributed by atoms with Crippen molar-refractivity contribution in [2.75, 3.05) is 4.90 Å². The molecule has 1 aliphatic rings. The fourth-order valence-corrected chi connectivity index (χ4v) is 4.29. The largest absolute Gasteiger partial charge is 0.351 e. The number of nitrogens with zero attached hydrogens (tertiary/aromatic N) is 4. The average molecular weight is 422 g/mol. The number of rotatable bonds is 6. The molecule has 2 heterocycles. The van der Waals surface area contributed by atoms with Crippen LogP contribution in [0.15, 0.2) is 54.2 Å². The van der Waals surface area contributed by atoms with Crippen molar-refractivity contribution in [1.82, 2.24) is 19.9 Å². The van der Waals surface area contributed by atoms with Gasteiger partial charge in [-0.05, 0) is 66.7 Å². The smallest absolute Gasteiger partial charge is 0.280 e. The zero-order valence-corrected chi connectivity index (χ0v) is 17.5. The van der Waals surface area contributed by atoms with Gasteiger partial charge in [-0.15, -0.1) is 5.10 Å². The van der Waals surface area contributed by atoms with E-state index in [9.17, 15) is 9.59 Å². The van der Waals surface area contributed by atoms with E-state index in [-0.39, 0.29) is 23.6 Å². The third-order valence-corrected chi connectivity index (χ3v) is 5.81. The standard InChI is InChI=1S/C22H23N5O2S/c1-15-5-4-8-18(13-15)27(22(29)19-14-30-26-25-19)20(16-9-11-23-12-10-16)21(28)24-17-6-2-3-7-17/h4-5,8-14,17,20H,2-3,6-7H2,1H3,(H,24,28)/t20-/m0/s1. The number of aryl methyl sites for hydroxylation is 1. The number of nitrogens with one attached hydrogen (secondary N) is 1. The number of pyridine rings is 1. The monoisotopic (exact) mass is 421 g/mol. The summed E-state index contributed by atoms with van der Waals surface area (Å²) in [5, 5.41) is 8.71. The highest BCUT2D eigenvalue weighted by molar-refractivity contribution is 7.03. The van der Waals surface area contributed by atoms with Crippen LogP contribution in [0.2, 0.25) is 0 Å². The molecule has 1 N–H and O–H groups in total. The summed E-state index contributed by atoms with van der Waals surface area (Å²) in [5.74, 6) is -0.566. The Balaban J connectivity index is 1.79. The van der Waals surface area contributed by atoms with Crippen LogP contribution in [0.1, 0.15) is 53.3 Å². The van der Waals surface area contributed by atoms with Crippen LogP contribution in [-0.4, -0.2) is 32.4 Å². The third-order valence-electron chi connectivity index (χ3n) is 5.31. The van der Waals surface area contributed by atoms with Crippen LogP contribution < -0.4 is 10.2 Å². The van der Waals surface area contributed by atoms with E-state index in [1.54, 1.807) is 29.9 Å². The second-order valence-corrected chi connectivity index (χ2v) is 8.09. The summed E-state index contributed by atoms with van der Waals surface area (Å²) in [6.45, 7) is 1.95. The van der Waals surface area contributed by atoms with Gasteiger partial charge in [-0.2, -0.15) is 0 Å². The van der Waals surface area contributed by atoms with E-state index < -0.39 is 6.04 Å². The molecule has 2 aromatic heterocycles. The van der Waals surface area contributed by atoms with E-state index in [1.165, 1.54) is 4.90 Å². The van der Waals surface area contributed by atoms with Gasteiger partial charge in [0, 0.05) is 29.5 Å². The quantitative estimate of drug-likeness (QED) is 0.656. The van der Waals surface area contributed by atoms with Crippen molar-refractivity contribution in [2.45, 2.75) is 44.7 Å². The van der Waals surface area contributed by atoms with Gasteiger partial charge in [-0.25, -0.2) is 0 Å². The van der Waals surface area contributed by atoms with E-state index in [1.807, 2.05) is 31.2 Å². The molecule has 154 valence electrons. The maximum atomic E-state index is 13.5. The highest BCUT2D eigenvalue weighted by atomic mass is 32.1. The minimum atomic E-state index is -0.843. The van der Waals surface area contributed by atoms with Crippen molar-refractivity contribution >= 4 is 29.0 Å². The second-order valence-electron chi connectivity index (χ2n) is 7.48. The second kappa shape index (κ2) is 9.13. The molecule has 0 unspecified atom stereocenters. The molecule has 1 aromatic carbocycles. The minimum absolute atomic E-state index is 0.136. The maximum absolute atomic E-state index is 13.5. The summed E-state index contributed by atoms with van der Waals surface area (Å²) < 4.78 is 3.83. The lowest BCUT2D eigenvalue weighted by atomic mass is 10.0. The fourth-order valence-electron chi connectivity index (χ4n) is 3.86. The van der Waals surface area contributed by atoms with Crippen LogP contribution in [-0.2, 0) is 4.79 Å². The molecule has 7 nitrogen and oxygen atoms in total. The molecule has 0 radical (unpaired) electrons. The zero-order chi connectivity index (χ0) is 20.9. The van der Waals surface area contributed by atoms with Gasteiger partial charge in [0.2, 0.25) is 5.91 Å². The van der Waals surface area contributed by atoms with E-state index in [4.69, 9.17) is 0 Å². The summed E-state index contributed by atoms with van der Waals surface area (Å²) in [4.78, 5) is 32.6. The minimum Gasteiger partial charge on any atom is -0.351 e. The highest BCUT2D eigenvalue weighted by Gasteiger charge is 2.35. The van der Waals surface area contributed by atoms with Crippen molar-refractivity contribution in [2.24, 2.45) is 0 Å². The summed E-state index contributed by atoms with van der Waals surface area (Å²) >= 11 is 1.11. The van der Waals surface area contributed by atoms with Crippen LogP contribution in [0.5, 0.6) is 0 Å². The van der Waals surface area contributed by atoms with Crippen molar-refractivity contribution in [3.63, 3.8) is 0 Å². The molecule has 4 rings (SSSR count).